The van der Waals surface area contributed by atoms with Gasteiger partial charge >= 0.3 is 0 Å². The van der Waals surface area contributed by atoms with Crippen molar-refractivity contribution >= 4 is 11.8 Å². The number of likely N-dealkylation sites (N-methyl/N-ethyl adjacent to an activating group) is 1. The Morgan fingerprint density at radius 3 is 2.48 bits per heavy atom. The van der Waals surface area contributed by atoms with Crippen molar-refractivity contribution in [2.24, 2.45) is 5.73 Å². The third-order valence-corrected chi connectivity index (χ3v) is 4.20. The van der Waals surface area contributed by atoms with Crippen LogP contribution in [0.5, 0.6) is 5.75 Å². The highest BCUT2D eigenvalue weighted by Crippen LogP contribution is 2.20. The Morgan fingerprint density at radius 1 is 1.28 bits per heavy atom. The van der Waals surface area contributed by atoms with Crippen LogP contribution in [0, 0.1) is 0 Å². The highest BCUT2D eigenvalue weighted by atomic mass is 16.5. The van der Waals surface area contributed by atoms with Crippen molar-refractivity contribution in [1.29, 1.82) is 0 Å². The number of benzene rings is 1. The van der Waals surface area contributed by atoms with Crippen LogP contribution in [-0.2, 0) is 4.79 Å². The lowest BCUT2D eigenvalue weighted by molar-refractivity contribution is -0.123. The Morgan fingerprint density at radius 2 is 1.96 bits per heavy atom. The molecule has 2 amide bonds. The molecule has 1 aromatic carbocycles. The van der Waals surface area contributed by atoms with Crippen LogP contribution in [0.1, 0.15) is 43.5 Å². The molecule has 1 aromatic rings. The van der Waals surface area contributed by atoms with Gasteiger partial charge in [0.1, 0.15) is 18.4 Å². The summed E-state index contributed by atoms with van der Waals surface area (Å²) in [5, 5.41) is 5.22. The van der Waals surface area contributed by atoms with Gasteiger partial charge in [0.25, 0.3) is 5.91 Å². The lowest BCUT2D eigenvalue weighted by Crippen LogP contribution is -2.61. The van der Waals surface area contributed by atoms with Gasteiger partial charge in [-0.05, 0) is 62.9 Å². The molecule has 0 aliphatic heterocycles. The predicted octanol–water partition coefficient (Wildman–Crippen LogP) is 1.76. The number of amides is 2. The predicted molar refractivity (Wildman–Crippen MR) is 97.5 cm³/mol. The Balaban J connectivity index is 1.97. The van der Waals surface area contributed by atoms with E-state index in [4.69, 9.17) is 10.5 Å². The van der Waals surface area contributed by atoms with E-state index < -0.39 is 11.6 Å². The fourth-order valence-corrected chi connectivity index (χ4v) is 2.70. The van der Waals surface area contributed by atoms with Crippen molar-refractivity contribution in [3.05, 3.63) is 41.5 Å². The van der Waals surface area contributed by atoms with Gasteiger partial charge in [-0.3, -0.25) is 9.59 Å². The van der Waals surface area contributed by atoms with Gasteiger partial charge in [0.2, 0.25) is 5.91 Å². The zero-order valence-electron chi connectivity index (χ0n) is 15.1. The number of allylic oxidation sites excluding steroid dienone is 1. The number of carbonyl (C=O) groups excluding carboxylic acids is 2. The molecule has 0 spiro atoms. The number of hydrogen-bond acceptors (Lipinski definition) is 4. The normalized spacial score (nSPS) is 15.3. The lowest BCUT2D eigenvalue weighted by atomic mass is 9.94. The highest BCUT2D eigenvalue weighted by Gasteiger charge is 2.32. The maximum absolute atomic E-state index is 12.4. The summed E-state index contributed by atoms with van der Waals surface area (Å²) in [6.07, 6.45) is 5.63. The summed E-state index contributed by atoms with van der Waals surface area (Å²) in [6.45, 7) is 3.98. The second-order valence-electron chi connectivity index (χ2n) is 6.91. The van der Waals surface area contributed by atoms with Crippen molar-refractivity contribution in [3.63, 3.8) is 0 Å². The van der Waals surface area contributed by atoms with Crippen molar-refractivity contribution in [2.45, 2.75) is 44.7 Å². The molecular formula is C19H27N3O3. The molecule has 6 heteroatoms. The largest absolute Gasteiger partial charge is 0.489 e. The van der Waals surface area contributed by atoms with Gasteiger partial charge in [-0.15, -0.1) is 0 Å². The summed E-state index contributed by atoms with van der Waals surface area (Å²) in [5.74, 6) is 0.0363. The van der Waals surface area contributed by atoms with E-state index in [1.165, 1.54) is 19.0 Å². The molecule has 0 saturated heterocycles. The van der Waals surface area contributed by atoms with E-state index in [0.717, 1.165) is 12.8 Å². The van der Waals surface area contributed by atoms with Crippen LogP contribution in [0.2, 0.25) is 0 Å². The van der Waals surface area contributed by atoms with Gasteiger partial charge in [-0.25, -0.2) is 0 Å². The summed E-state index contributed by atoms with van der Waals surface area (Å²) >= 11 is 0. The topological polar surface area (TPSA) is 93.5 Å². The molecule has 0 radical (unpaired) electrons. The summed E-state index contributed by atoms with van der Waals surface area (Å²) in [7, 11) is 1.51. The first-order valence-electron chi connectivity index (χ1n) is 8.53. The van der Waals surface area contributed by atoms with Crippen molar-refractivity contribution in [3.8, 4) is 5.75 Å². The quantitative estimate of drug-likeness (QED) is 0.657. The van der Waals surface area contributed by atoms with Gasteiger partial charge < -0.3 is 21.1 Å². The molecule has 0 bridgehead atoms. The van der Waals surface area contributed by atoms with Gasteiger partial charge in [-0.2, -0.15) is 0 Å². The van der Waals surface area contributed by atoms with E-state index in [0.29, 0.717) is 17.9 Å². The fourth-order valence-electron chi connectivity index (χ4n) is 2.70. The number of ether oxygens (including phenoxy) is 1. The first-order valence-corrected chi connectivity index (χ1v) is 8.53. The van der Waals surface area contributed by atoms with Gasteiger partial charge in [0, 0.05) is 18.2 Å². The van der Waals surface area contributed by atoms with Crippen LogP contribution in [-0.4, -0.2) is 37.0 Å². The van der Waals surface area contributed by atoms with Crippen LogP contribution in [0.4, 0.5) is 0 Å². The number of carbonyl (C=O) groups is 2. The zero-order chi connectivity index (χ0) is 18.4. The molecular weight excluding hydrogens is 318 g/mol. The molecule has 1 atom stereocenters. The maximum Gasteiger partial charge on any atom is 0.251 e. The average molecular weight is 345 g/mol. The molecule has 25 heavy (non-hydrogen) atoms. The van der Waals surface area contributed by atoms with E-state index in [1.807, 2.05) is 0 Å². The molecule has 1 aliphatic rings. The van der Waals surface area contributed by atoms with E-state index >= 15 is 0 Å². The van der Waals surface area contributed by atoms with Crippen LogP contribution >= 0.6 is 0 Å². The SMILES string of the molecule is CNC(=O)[C@@H](NC(=O)c1ccc(OCC2=CCCC2)cc1)C(C)(C)N. The molecule has 0 aromatic heterocycles. The minimum atomic E-state index is -0.881. The standard InChI is InChI=1S/C19H27N3O3/c1-19(2,20)16(18(24)21-3)22-17(23)14-8-10-15(11-9-14)25-12-13-6-4-5-7-13/h6,8-11,16H,4-5,7,12,20H2,1-3H3,(H,21,24)(H,22,23)/t16-/m1/s1. The van der Waals surface area contributed by atoms with E-state index in [1.54, 1.807) is 38.1 Å². The Hall–Kier alpha value is -2.34. The Labute approximate surface area is 148 Å². The molecule has 0 saturated carbocycles. The number of hydrogen-bond donors (Lipinski definition) is 3. The molecule has 0 fully saturated rings. The van der Waals surface area contributed by atoms with Gasteiger partial charge in [0.05, 0.1) is 0 Å². The summed E-state index contributed by atoms with van der Waals surface area (Å²) in [4.78, 5) is 24.4. The van der Waals surface area contributed by atoms with Crippen molar-refractivity contribution in [1.82, 2.24) is 10.6 Å². The molecule has 0 unspecified atom stereocenters. The molecule has 0 heterocycles. The summed E-state index contributed by atoms with van der Waals surface area (Å²) in [6, 6.07) is 6.05. The molecule has 6 nitrogen and oxygen atoms in total. The van der Waals surface area contributed by atoms with Crippen molar-refractivity contribution in [2.75, 3.05) is 13.7 Å². The first kappa shape index (κ1) is 19.0. The molecule has 136 valence electrons. The second-order valence-corrected chi connectivity index (χ2v) is 6.91. The second kappa shape index (κ2) is 8.16. The first-order chi connectivity index (χ1) is 11.8. The van der Waals surface area contributed by atoms with Crippen molar-refractivity contribution < 1.29 is 14.3 Å². The highest BCUT2D eigenvalue weighted by molar-refractivity contribution is 5.98. The van der Waals surface area contributed by atoms with E-state index in [9.17, 15) is 9.59 Å². The summed E-state index contributed by atoms with van der Waals surface area (Å²) < 4.78 is 5.73. The molecule has 1 aliphatic carbocycles. The van der Waals surface area contributed by atoms with Gasteiger partial charge in [-0.1, -0.05) is 6.08 Å². The maximum atomic E-state index is 12.4. The smallest absolute Gasteiger partial charge is 0.251 e. The Bertz CT molecular complexity index is 645. The lowest BCUT2D eigenvalue weighted by Gasteiger charge is -2.29. The van der Waals surface area contributed by atoms with Gasteiger partial charge in [0.15, 0.2) is 0 Å². The monoisotopic (exact) mass is 345 g/mol. The van der Waals surface area contributed by atoms with E-state index in [2.05, 4.69) is 16.7 Å². The Kier molecular flexibility index (Phi) is 6.20. The van der Waals surface area contributed by atoms with Crippen LogP contribution in [0.3, 0.4) is 0 Å². The molecule has 2 rings (SSSR count). The molecule has 4 N–H and O–H groups in total. The van der Waals surface area contributed by atoms with Crippen LogP contribution < -0.4 is 21.1 Å². The number of rotatable bonds is 7. The third-order valence-electron chi connectivity index (χ3n) is 4.20. The minimum Gasteiger partial charge on any atom is -0.489 e. The summed E-state index contributed by atoms with van der Waals surface area (Å²) in [5.41, 5.74) is 6.89. The van der Waals surface area contributed by atoms with E-state index in [-0.39, 0.29) is 11.8 Å². The van der Waals surface area contributed by atoms with Crippen LogP contribution in [0.25, 0.3) is 0 Å². The third kappa shape index (κ3) is 5.32. The fraction of sp³-hybridized carbons (Fsp3) is 0.474. The van der Waals surface area contributed by atoms with Crippen LogP contribution in [0.15, 0.2) is 35.9 Å². The minimum absolute atomic E-state index is 0.328. The number of nitrogens with one attached hydrogen (secondary N) is 2. The average Bonchev–Trinajstić information content (AvgIpc) is 3.10. The number of nitrogens with two attached hydrogens (primary N) is 1. The zero-order valence-corrected chi connectivity index (χ0v) is 15.1.